The number of fused-ring (bicyclic) bond motifs is 1. The molecule has 5 nitrogen and oxygen atoms in total. The molecule has 1 aliphatic rings. The smallest absolute Gasteiger partial charge is 0.118 e. The van der Waals surface area contributed by atoms with Gasteiger partial charge in [0.25, 0.3) is 0 Å². The number of hydrogen-bond acceptors (Lipinski definition) is 4. The molecule has 0 spiro atoms. The maximum absolute atomic E-state index is 9.54. The Labute approximate surface area is 163 Å². The highest BCUT2D eigenvalue weighted by atomic mass is 35.5. The molecule has 1 aromatic heterocycles. The quantitative estimate of drug-likeness (QED) is 0.663. The first-order valence-electron chi connectivity index (χ1n) is 9.10. The van der Waals surface area contributed by atoms with Gasteiger partial charge in [-0.1, -0.05) is 23.7 Å². The number of halogens is 1. The number of ether oxygens (including phenoxy) is 1. The Bertz CT molecular complexity index is 1020. The minimum absolute atomic E-state index is 0.434. The standard InChI is InChI=1S/C21H21ClN4O/c1-14-4-3-9-26(14)21-18-13-25(12-15-5-7-17(27-2)8-6-15)24-20(18)16(11-23)10-19(21)22/h5-8,10,13-14H,3-4,9,12H2,1-2H3. The van der Waals surface area contributed by atoms with E-state index in [1.165, 1.54) is 0 Å². The molecule has 1 saturated heterocycles. The van der Waals surface area contributed by atoms with Crippen molar-refractivity contribution in [1.29, 1.82) is 5.26 Å². The highest BCUT2D eigenvalue weighted by Gasteiger charge is 2.26. The molecule has 0 bridgehead atoms. The van der Waals surface area contributed by atoms with Crippen LogP contribution in [0, 0.1) is 11.3 Å². The topological polar surface area (TPSA) is 54.1 Å². The average molecular weight is 381 g/mol. The lowest BCUT2D eigenvalue weighted by Crippen LogP contribution is -2.26. The van der Waals surface area contributed by atoms with Gasteiger partial charge >= 0.3 is 0 Å². The van der Waals surface area contributed by atoms with Gasteiger partial charge < -0.3 is 9.64 Å². The maximum Gasteiger partial charge on any atom is 0.118 e. The first kappa shape index (κ1) is 17.7. The summed E-state index contributed by atoms with van der Waals surface area (Å²) in [7, 11) is 1.66. The molecule has 4 rings (SSSR count). The number of aromatic nitrogens is 2. The monoisotopic (exact) mass is 380 g/mol. The van der Waals surface area contributed by atoms with Crippen molar-refractivity contribution in [3.63, 3.8) is 0 Å². The molecule has 1 atom stereocenters. The lowest BCUT2D eigenvalue weighted by Gasteiger charge is -2.25. The molecule has 1 fully saturated rings. The number of nitriles is 1. The van der Waals surface area contributed by atoms with Crippen molar-refractivity contribution in [1.82, 2.24) is 9.78 Å². The second-order valence-electron chi connectivity index (χ2n) is 6.99. The molecule has 0 aliphatic carbocycles. The molecule has 1 aliphatic heterocycles. The minimum Gasteiger partial charge on any atom is -0.497 e. The Morgan fingerprint density at radius 1 is 1.33 bits per heavy atom. The largest absolute Gasteiger partial charge is 0.497 e. The molecule has 0 radical (unpaired) electrons. The van der Waals surface area contributed by atoms with Crippen LogP contribution in [-0.4, -0.2) is 29.5 Å². The van der Waals surface area contributed by atoms with Crippen LogP contribution in [0.2, 0.25) is 5.02 Å². The summed E-state index contributed by atoms with van der Waals surface area (Å²) in [5.74, 6) is 0.827. The molecule has 3 aromatic rings. The Morgan fingerprint density at radius 3 is 2.74 bits per heavy atom. The van der Waals surface area contributed by atoms with Crippen molar-refractivity contribution >= 4 is 28.2 Å². The van der Waals surface area contributed by atoms with Crippen molar-refractivity contribution in [2.45, 2.75) is 32.4 Å². The summed E-state index contributed by atoms with van der Waals surface area (Å²) in [6, 6.07) is 12.3. The first-order valence-corrected chi connectivity index (χ1v) is 9.48. The van der Waals surface area contributed by atoms with Gasteiger partial charge in [-0.15, -0.1) is 0 Å². The first-order chi connectivity index (χ1) is 13.1. The molecule has 0 N–H and O–H groups in total. The van der Waals surface area contributed by atoms with Gasteiger partial charge in [-0.05, 0) is 43.5 Å². The summed E-state index contributed by atoms with van der Waals surface area (Å²) in [6.45, 7) is 3.82. The Morgan fingerprint density at radius 2 is 2.11 bits per heavy atom. The predicted molar refractivity (Wildman–Crippen MR) is 108 cm³/mol. The lowest BCUT2D eigenvalue weighted by molar-refractivity contribution is 0.414. The summed E-state index contributed by atoms with van der Waals surface area (Å²) < 4.78 is 7.10. The minimum atomic E-state index is 0.434. The van der Waals surface area contributed by atoms with E-state index in [0.717, 1.165) is 41.8 Å². The van der Waals surface area contributed by atoms with Gasteiger partial charge in [0, 0.05) is 24.2 Å². The van der Waals surface area contributed by atoms with E-state index < -0.39 is 0 Å². The normalized spacial score (nSPS) is 16.7. The van der Waals surface area contributed by atoms with Gasteiger partial charge in [0.05, 0.1) is 29.9 Å². The zero-order valence-electron chi connectivity index (χ0n) is 15.4. The molecule has 2 heterocycles. The van der Waals surface area contributed by atoms with E-state index in [-0.39, 0.29) is 0 Å². The van der Waals surface area contributed by atoms with Crippen LogP contribution in [0.4, 0.5) is 5.69 Å². The average Bonchev–Trinajstić information content (AvgIpc) is 3.28. The number of hydrogen-bond donors (Lipinski definition) is 0. The van der Waals surface area contributed by atoms with E-state index in [1.807, 2.05) is 35.1 Å². The lowest BCUT2D eigenvalue weighted by atomic mass is 10.1. The van der Waals surface area contributed by atoms with Crippen LogP contribution in [0.1, 0.15) is 30.9 Å². The summed E-state index contributed by atoms with van der Waals surface area (Å²) in [5, 5.41) is 15.8. The van der Waals surface area contributed by atoms with E-state index in [1.54, 1.807) is 13.2 Å². The highest BCUT2D eigenvalue weighted by Crippen LogP contribution is 2.39. The molecule has 138 valence electrons. The van der Waals surface area contributed by atoms with Crippen LogP contribution in [0.15, 0.2) is 36.5 Å². The van der Waals surface area contributed by atoms with Gasteiger partial charge in [0.2, 0.25) is 0 Å². The number of rotatable bonds is 4. The van der Waals surface area contributed by atoms with Crippen LogP contribution in [0.25, 0.3) is 10.9 Å². The van der Waals surface area contributed by atoms with Crippen molar-refractivity contribution < 1.29 is 4.74 Å². The zero-order chi connectivity index (χ0) is 19.0. The Kier molecular flexibility index (Phi) is 4.67. The summed E-state index contributed by atoms with van der Waals surface area (Å²) in [5.41, 5.74) is 3.34. The predicted octanol–water partition coefficient (Wildman–Crippen LogP) is 4.61. The Balaban J connectivity index is 1.78. The van der Waals surface area contributed by atoms with E-state index in [2.05, 4.69) is 17.9 Å². The van der Waals surface area contributed by atoms with Gasteiger partial charge in [-0.3, -0.25) is 4.68 Å². The highest BCUT2D eigenvalue weighted by molar-refractivity contribution is 6.35. The molecule has 27 heavy (non-hydrogen) atoms. The third kappa shape index (κ3) is 3.22. The fourth-order valence-corrected chi connectivity index (χ4v) is 4.15. The second kappa shape index (κ2) is 7.13. The molecular formula is C21H21ClN4O. The SMILES string of the molecule is COc1ccc(Cn2cc3c(N4CCCC4C)c(Cl)cc(C#N)c3n2)cc1. The fourth-order valence-electron chi connectivity index (χ4n) is 3.83. The number of benzene rings is 2. The fraction of sp³-hybridized carbons (Fsp3) is 0.333. The second-order valence-corrected chi connectivity index (χ2v) is 7.40. The number of anilines is 1. The summed E-state index contributed by atoms with van der Waals surface area (Å²) in [6.07, 6.45) is 4.31. The Hall–Kier alpha value is -2.71. The van der Waals surface area contributed by atoms with Crippen molar-refractivity contribution in [2.75, 3.05) is 18.6 Å². The molecule has 0 saturated carbocycles. The van der Waals surface area contributed by atoms with Gasteiger partial charge in [-0.2, -0.15) is 10.4 Å². The van der Waals surface area contributed by atoms with Gasteiger partial charge in [0.1, 0.15) is 17.3 Å². The summed E-state index contributed by atoms with van der Waals surface area (Å²) in [4.78, 5) is 2.34. The number of nitrogens with zero attached hydrogens (tertiary/aromatic N) is 4. The van der Waals surface area contributed by atoms with Crippen LogP contribution >= 0.6 is 11.6 Å². The third-order valence-electron chi connectivity index (χ3n) is 5.23. The van der Waals surface area contributed by atoms with E-state index in [9.17, 15) is 5.26 Å². The van der Waals surface area contributed by atoms with Crippen molar-refractivity contribution in [2.24, 2.45) is 0 Å². The van der Waals surface area contributed by atoms with Crippen molar-refractivity contribution in [3.8, 4) is 11.8 Å². The number of methoxy groups -OCH3 is 1. The third-order valence-corrected chi connectivity index (χ3v) is 5.52. The van der Waals surface area contributed by atoms with Gasteiger partial charge in [-0.25, -0.2) is 0 Å². The van der Waals surface area contributed by atoms with Crippen LogP contribution in [0.5, 0.6) is 5.75 Å². The van der Waals surface area contributed by atoms with Crippen LogP contribution in [-0.2, 0) is 6.54 Å². The zero-order valence-corrected chi connectivity index (χ0v) is 16.2. The molecule has 6 heteroatoms. The van der Waals surface area contributed by atoms with Gasteiger partial charge in [0.15, 0.2) is 0 Å². The maximum atomic E-state index is 9.54. The van der Waals surface area contributed by atoms with E-state index in [0.29, 0.717) is 28.7 Å². The van der Waals surface area contributed by atoms with E-state index >= 15 is 0 Å². The molecular weight excluding hydrogens is 360 g/mol. The molecule has 1 unspecified atom stereocenters. The summed E-state index contributed by atoms with van der Waals surface area (Å²) >= 11 is 6.59. The van der Waals surface area contributed by atoms with Crippen molar-refractivity contribution in [3.05, 3.63) is 52.7 Å². The van der Waals surface area contributed by atoms with Crippen LogP contribution in [0.3, 0.4) is 0 Å². The van der Waals surface area contributed by atoms with E-state index in [4.69, 9.17) is 21.4 Å². The molecule has 0 amide bonds. The van der Waals surface area contributed by atoms with Crippen LogP contribution < -0.4 is 9.64 Å². The molecule has 2 aromatic carbocycles.